The lowest BCUT2D eigenvalue weighted by atomic mass is 10.00. The maximum absolute atomic E-state index is 14.6. The number of amides is 1. The van der Waals surface area contributed by atoms with Gasteiger partial charge in [0.15, 0.2) is 5.96 Å². The summed E-state index contributed by atoms with van der Waals surface area (Å²) < 4.78 is 33.7. The molecule has 0 aromatic heterocycles. The van der Waals surface area contributed by atoms with Gasteiger partial charge in [0.25, 0.3) is 5.91 Å². The number of nitrogens with two attached hydrogens (primary N) is 2. The minimum Gasteiger partial charge on any atom is -0.372 e. The molecular weight excluding hydrogens is 436 g/mol. The van der Waals surface area contributed by atoms with Gasteiger partial charge in [-0.2, -0.15) is 5.10 Å². The molecule has 0 saturated heterocycles. The van der Waals surface area contributed by atoms with Crippen LogP contribution in [0.1, 0.15) is 30.9 Å². The fourth-order valence-electron chi connectivity index (χ4n) is 3.37. The lowest BCUT2D eigenvalue weighted by Gasteiger charge is -2.36. The van der Waals surface area contributed by atoms with Gasteiger partial charge in [-0.1, -0.05) is 42.1 Å². The molecule has 2 aromatic carbocycles. The topological polar surface area (TPSA) is 106 Å². The molecule has 1 heterocycles. The van der Waals surface area contributed by atoms with Gasteiger partial charge in [-0.05, 0) is 43.5 Å². The molecule has 1 aliphatic rings. The number of methoxy groups -OCH3 is 1. The van der Waals surface area contributed by atoms with Gasteiger partial charge >= 0.3 is 0 Å². The van der Waals surface area contributed by atoms with Crippen LogP contribution in [0.15, 0.2) is 58.6 Å². The minimum atomic E-state index is -1.02. The molecule has 0 unspecified atom stereocenters. The van der Waals surface area contributed by atoms with Crippen LogP contribution in [-0.2, 0) is 14.4 Å². The number of nitrogens with zero attached hydrogens (tertiary/aromatic N) is 3. The Bertz CT molecular complexity index is 1030. The van der Waals surface area contributed by atoms with Crippen molar-refractivity contribution < 1.29 is 18.3 Å². The first-order chi connectivity index (χ1) is 15.3. The van der Waals surface area contributed by atoms with Gasteiger partial charge in [0.2, 0.25) is 0 Å². The number of halogens is 2. The van der Waals surface area contributed by atoms with Crippen molar-refractivity contribution in [3.8, 4) is 0 Å². The zero-order valence-corrected chi connectivity index (χ0v) is 18.6. The number of hydrogen-bond donors (Lipinski definition) is 2. The number of carbonyl (C=O) groups excluding carboxylic acids is 1. The highest BCUT2D eigenvalue weighted by molar-refractivity contribution is 8.15. The van der Waals surface area contributed by atoms with E-state index < -0.39 is 28.5 Å². The Hall–Kier alpha value is -2.98. The van der Waals surface area contributed by atoms with Crippen molar-refractivity contribution in [3.63, 3.8) is 0 Å². The third kappa shape index (κ3) is 4.91. The Morgan fingerprint density at radius 3 is 2.62 bits per heavy atom. The second-order valence-electron chi connectivity index (χ2n) is 7.22. The molecule has 0 radical (unpaired) electrons. The molecule has 170 valence electrons. The van der Waals surface area contributed by atoms with Crippen molar-refractivity contribution in [2.75, 3.05) is 13.7 Å². The molecule has 1 amide bonds. The number of rotatable bonds is 8. The molecule has 10 heteroatoms. The van der Waals surface area contributed by atoms with Crippen LogP contribution in [0.2, 0.25) is 0 Å². The number of hydrogen-bond acceptors (Lipinski definition) is 5. The molecule has 3 rings (SSSR count). The molecule has 0 bridgehead atoms. The number of ether oxygens (including phenoxy) is 1. The summed E-state index contributed by atoms with van der Waals surface area (Å²) in [5.41, 5.74) is 11.6. The van der Waals surface area contributed by atoms with E-state index in [1.807, 2.05) is 30.3 Å². The third-order valence-electron chi connectivity index (χ3n) is 5.06. The Labute approximate surface area is 189 Å². The second kappa shape index (κ2) is 10.1. The Morgan fingerprint density at radius 2 is 1.97 bits per heavy atom. The van der Waals surface area contributed by atoms with Gasteiger partial charge in [-0.3, -0.25) is 9.79 Å². The second-order valence-corrected chi connectivity index (χ2v) is 8.49. The van der Waals surface area contributed by atoms with Gasteiger partial charge in [-0.15, -0.1) is 0 Å². The lowest BCUT2D eigenvalue weighted by molar-refractivity contribution is -0.144. The van der Waals surface area contributed by atoms with Crippen molar-refractivity contribution in [1.29, 1.82) is 0 Å². The predicted octanol–water partition coefficient (Wildman–Crippen LogP) is 3.14. The molecule has 0 fully saturated rings. The Morgan fingerprint density at radius 1 is 1.25 bits per heavy atom. The van der Waals surface area contributed by atoms with E-state index >= 15 is 0 Å². The molecule has 2 atom stereocenters. The summed E-state index contributed by atoms with van der Waals surface area (Å²) in [5, 5.41) is 5.98. The zero-order chi connectivity index (χ0) is 23.3. The Balaban J connectivity index is 2.10. The monoisotopic (exact) mass is 461 g/mol. The first-order valence-corrected chi connectivity index (χ1v) is 10.8. The van der Waals surface area contributed by atoms with E-state index in [1.165, 1.54) is 23.9 Å². The van der Waals surface area contributed by atoms with E-state index in [0.717, 1.165) is 23.8 Å². The van der Waals surface area contributed by atoms with Crippen LogP contribution in [-0.4, -0.2) is 41.7 Å². The van der Waals surface area contributed by atoms with E-state index in [-0.39, 0.29) is 16.6 Å². The molecule has 0 spiro atoms. The summed E-state index contributed by atoms with van der Waals surface area (Å²) in [4.78, 5) is 16.3. The molecule has 1 aliphatic heterocycles. The SMILES string of the molecule is CO[C@@H](C)C(=O)N1N=C(c2cc(F)ccc2F)S[C@@]1(CCCN=C(N)N)c1ccccc1. The quantitative estimate of drug-likeness (QED) is 0.357. The summed E-state index contributed by atoms with van der Waals surface area (Å²) in [6.45, 7) is 1.95. The van der Waals surface area contributed by atoms with E-state index in [4.69, 9.17) is 16.2 Å². The van der Waals surface area contributed by atoms with Crippen molar-refractivity contribution in [1.82, 2.24) is 5.01 Å². The molecule has 0 saturated carbocycles. The first kappa shape index (κ1) is 23.7. The summed E-state index contributed by atoms with van der Waals surface area (Å²) in [5.74, 6) is -1.66. The van der Waals surface area contributed by atoms with Gasteiger partial charge < -0.3 is 16.2 Å². The van der Waals surface area contributed by atoms with Crippen LogP contribution in [0, 0.1) is 11.6 Å². The van der Waals surface area contributed by atoms with Gasteiger partial charge in [0.05, 0.1) is 0 Å². The highest BCUT2D eigenvalue weighted by Gasteiger charge is 2.49. The van der Waals surface area contributed by atoms with Crippen LogP contribution in [0.5, 0.6) is 0 Å². The predicted molar refractivity (Wildman–Crippen MR) is 122 cm³/mol. The van der Waals surface area contributed by atoms with E-state index in [1.54, 1.807) is 6.92 Å². The number of benzene rings is 2. The molecule has 2 aromatic rings. The van der Waals surface area contributed by atoms with Crippen molar-refractivity contribution >= 4 is 28.7 Å². The standard InChI is InChI=1S/C22H25F2N5O2S/c1-14(31-2)20(30)29-22(11-6-12-27-21(25)26,15-7-4-3-5-8-15)32-19(28-29)17-13-16(23)9-10-18(17)24/h3-5,7-10,13-14H,6,11-12H2,1-2H3,(H4,25,26,27)/t14-,22-/m0/s1. The molecule has 32 heavy (non-hydrogen) atoms. The van der Waals surface area contributed by atoms with Gasteiger partial charge in [-0.25, -0.2) is 13.8 Å². The summed E-state index contributed by atoms with van der Waals surface area (Å²) in [7, 11) is 1.42. The summed E-state index contributed by atoms with van der Waals surface area (Å²) in [6.07, 6.45) is 0.126. The van der Waals surface area contributed by atoms with Crippen molar-refractivity contribution in [2.24, 2.45) is 21.6 Å². The molecule has 0 aliphatic carbocycles. The van der Waals surface area contributed by atoms with Crippen LogP contribution in [0.3, 0.4) is 0 Å². The normalized spacial score (nSPS) is 18.9. The van der Waals surface area contributed by atoms with Crippen LogP contribution in [0.25, 0.3) is 0 Å². The number of guanidine groups is 1. The number of hydrazone groups is 1. The first-order valence-electron chi connectivity index (χ1n) is 9.99. The molecular formula is C22H25F2N5O2S. The number of aliphatic imine (C=N–C) groups is 1. The molecule has 4 N–H and O–H groups in total. The number of carbonyl (C=O) groups is 1. The largest absolute Gasteiger partial charge is 0.372 e. The zero-order valence-electron chi connectivity index (χ0n) is 17.8. The maximum Gasteiger partial charge on any atom is 0.273 e. The maximum atomic E-state index is 14.6. The number of thioether (sulfide) groups is 1. The van der Waals surface area contributed by atoms with Crippen LogP contribution < -0.4 is 11.5 Å². The highest BCUT2D eigenvalue weighted by Crippen LogP contribution is 2.50. The van der Waals surface area contributed by atoms with Gasteiger partial charge in [0, 0.05) is 19.2 Å². The van der Waals surface area contributed by atoms with Crippen LogP contribution >= 0.6 is 11.8 Å². The van der Waals surface area contributed by atoms with Crippen LogP contribution in [0.4, 0.5) is 8.78 Å². The third-order valence-corrected chi connectivity index (χ3v) is 6.51. The molecule has 7 nitrogen and oxygen atoms in total. The van der Waals surface area contributed by atoms with E-state index in [0.29, 0.717) is 19.4 Å². The van der Waals surface area contributed by atoms with Crippen molar-refractivity contribution in [2.45, 2.75) is 30.7 Å². The lowest BCUT2D eigenvalue weighted by Crippen LogP contribution is -2.45. The Kier molecular flexibility index (Phi) is 7.47. The summed E-state index contributed by atoms with van der Waals surface area (Å²) in [6, 6.07) is 12.4. The summed E-state index contributed by atoms with van der Waals surface area (Å²) >= 11 is 1.19. The average Bonchev–Trinajstić information content (AvgIpc) is 3.18. The van der Waals surface area contributed by atoms with E-state index in [2.05, 4.69) is 10.1 Å². The van der Waals surface area contributed by atoms with Crippen molar-refractivity contribution in [3.05, 3.63) is 71.3 Å². The minimum absolute atomic E-state index is 0.0140. The van der Waals surface area contributed by atoms with E-state index in [9.17, 15) is 13.6 Å². The smallest absolute Gasteiger partial charge is 0.273 e. The fraction of sp³-hybridized carbons (Fsp3) is 0.318. The van der Waals surface area contributed by atoms with Gasteiger partial charge in [0.1, 0.15) is 27.7 Å². The fourth-order valence-corrected chi connectivity index (χ4v) is 4.80. The average molecular weight is 462 g/mol. The highest BCUT2D eigenvalue weighted by atomic mass is 32.2.